The quantitative estimate of drug-likeness (QED) is 0.893. The molecular formula is C18H27N3O. The lowest BCUT2D eigenvalue weighted by Gasteiger charge is -2.33. The molecular weight excluding hydrogens is 274 g/mol. The topological polar surface area (TPSA) is 58.4 Å². The second-order valence-electron chi connectivity index (χ2n) is 6.75. The van der Waals surface area contributed by atoms with E-state index in [-0.39, 0.29) is 17.9 Å². The number of nitrogens with two attached hydrogens (primary N) is 1. The molecule has 120 valence electrons. The van der Waals surface area contributed by atoms with Crippen molar-refractivity contribution in [3.05, 3.63) is 35.9 Å². The van der Waals surface area contributed by atoms with E-state index >= 15 is 0 Å². The summed E-state index contributed by atoms with van der Waals surface area (Å²) < 4.78 is 0. The number of carbonyl (C=O) groups excluding carboxylic acids is 1. The first-order valence-electron chi connectivity index (χ1n) is 8.54. The van der Waals surface area contributed by atoms with Gasteiger partial charge in [0.1, 0.15) is 0 Å². The van der Waals surface area contributed by atoms with Crippen molar-refractivity contribution in [1.29, 1.82) is 0 Å². The summed E-state index contributed by atoms with van der Waals surface area (Å²) >= 11 is 0. The molecule has 1 saturated heterocycles. The van der Waals surface area contributed by atoms with Gasteiger partial charge in [-0.2, -0.15) is 0 Å². The highest BCUT2D eigenvalue weighted by molar-refractivity contribution is 5.80. The second kappa shape index (κ2) is 7.25. The fourth-order valence-corrected chi connectivity index (χ4v) is 3.70. The van der Waals surface area contributed by atoms with E-state index in [0.717, 1.165) is 51.7 Å². The third-order valence-electron chi connectivity index (χ3n) is 5.09. The average Bonchev–Trinajstić information content (AvgIpc) is 2.96. The summed E-state index contributed by atoms with van der Waals surface area (Å²) in [6.45, 7) is 3.11. The van der Waals surface area contributed by atoms with Crippen LogP contribution >= 0.6 is 0 Å². The number of amides is 1. The monoisotopic (exact) mass is 301 g/mol. The van der Waals surface area contributed by atoms with E-state index < -0.39 is 0 Å². The predicted octanol–water partition coefficient (Wildman–Crippen LogP) is 1.89. The molecule has 1 aromatic carbocycles. The summed E-state index contributed by atoms with van der Waals surface area (Å²) in [6.07, 6.45) is 5.13. The van der Waals surface area contributed by atoms with Gasteiger partial charge in [0.25, 0.3) is 0 Å². The van der Waals surface area contributed by atoms with Crippen LogP contribution in [0.4, 0.5) is 0 Å². The summed E-state index contributed by atoms with van der Waals surface area (Å²) in [5, 5.41) is 3.23. The minimum Gasteiger partial charge on any atom is -0.353 e. The zero-order valence-electron chi connectivity index (χ0n) is 13.2. The minimum atomic E-state index is 0.0438. The molecule has 2 atom stereocenters. The van der Waals surface area contributed by atoms with Gasteiger partial charge in [-0.25, -0.2) is 0 Å². The molecule has 2 fully saturated rings. The number of benzene rings is 1. The number of carbonyl (C=O) groups is 1. The molecule has 1 amide bonds. The molecule has 1 saturated carbocycles. The van der Waals surface area contributed by atoms with E-state index in [2.05, 4.69) is 40.5 Å². The SMILES string of the molecule is NC1CCCC1C(=O)NC1CCN(Cc2ccccc2)CC1. The first-order chi connectivity index (χ1) is 10.7. The second-order valence-corrected chi connectivity index (χ2v) is 6.75. The van der Waals surface area contributed by atoms with Gasteiger partial charge in [0.15, 0.2) is 0 Å². The molecule has 1 heterocycles. The lowest BCUT2D eigenvalue weighted by molar-refractivity contribution is -0.126. The third kappa shape index (κ3) is 3.87. The fourth-order valence-electron chi connectivity index (χ4n) is 3.70. The van der Waals surface area contributed by atoms with Gasteiger partial charge in [-0.15, -0.1) is 0 Å². The third-order valence-corrected chi connectivity index (χ3v) is 5.09. The summed E-state index contributed by atoms with van der Waals surface area (Å²) in [5.41, 5.74) is 7.39. The maximum Gasteiger partial charge on any atom is 0.224 e. The Kier molecular flexibility index (Phi) is 5.11. The zero-order chi connectivity index (χ0) is 15.4. The molecule has 3 rings (SSSR count). The first kappa shape index (κ1) is 15.5. The smallest absolute Gasteiger partial charge is 0.224 e. The van der Waals surface area contributed by atoms with Gasteiger partial charge in [-0.05, 0) is 31.2 Å². The van der Waals surface area contributed by atoms with Crippen molar-refractivity contribution in [3.8, 4) is 0 Å². The van der Waals surface area contributed by atoms with Crippen LogP contribution in [0.2, 0.25) is 0 Å². The molecule has 0 bridgehead atoms. The van der Waals surface area contributed by atoms with E-state index in [1.54, 1.807) is 0 Å². The van der Waals surface area contributed by atoms with Crippen molar-refractivity contribution in [2.45, 2.75) is 50.7 Å². The van der Waals surface area contributed by atoms with Crippen molar-refractivity contribution in [1.82, 2.24) is 10.2 Å². The van der Waals surface area contributed by atoms with Gasteiger partial charge >= 0.3 is 0 Å². The Morgan fingerprint density at radius 1 is 1.14 bits per heavy atom. The molecule has 1 aromatic rings. The van der Waals surface area contributed by atoms with Crippen LogP contribution in [0.15, 0.2) is 30.3 Å². The van der Waals surface area contributed by atoms with E-state index in [9.17, 15) is 4.79 Å². The van der Waals surface area contributed by atoms with Crippen molar-refractivity contribution in [2.24, 2.45) is 11.7 Å². The Bertz CT molecular complexity index is 482. The van der Waals surface area contributed by atoms with Crippen LogP contribution in [0, 0.1) is 5.92 Å². The summed E-state index contributed by atoms with van der Waals surface area (Å²) in [5.74, 6) is 0.230. The molecule has 4 heteroatoms. The number of piperidine rings is 1. The molecule has 2 unspecified atom stereocenters. The van der Waals surface area contributed by atoms with E-state index in [1.807, 2.05) is 0 Å². The van der Waals surface area contributed by atoms with Crippen molar-refractivity contribution in [2.75, 3.05) is 13.1 Å². The van der Waals surface area contributed by atoms with Crippen LogP contribution in [-0.4, -0.2) is 36.0 Å². The Balaban J connectivity index is 1.43. The maximum absolute atomic E-state index is 12.3. The van der Waals surface area contributed by atoms with Gasteiger partial charge in [0.2, 0.25) is 5.91 Å². The van der Waals surface area contributed by atoms with Crippen LogP contribution in [0.1, 0.15) is 37.7 Å². The van der Waals surface area contributed by atoms with Crippen molar-refractivity contribution < 1.29 is 4.79 Å². The molecule has 1 aliphatic carbocycles. The van der Waals surface area contributed by atoms with Gasteiger partial charge < -0.3 is 11.1 Å². The number of rotatable bonds is 4. The highest BCUT2D eigenvalue weighted by Crippen LogP contribution is 2.24. The Labute approximate surface area is 133 Å². The average molecular weight is 301 g/mol. The minimum absolute atomic E-state index is 0.0438. The van der Waals surface area contributed by atoms with Crippen molar-refractivity contribution in [3.63, 3.8) is 0 Å². The molecule has 22 heavy (non-hydrogen) atoms. The molecule has 3 N–H and O–H groups in total. The lowest BCUT2D eigenvalue weighted by Crippen LogP contribution is -2.48. The normalized spacial score (nSPS) is 27.0. The van der Waals surface area contributed by atoms with Crippen LogP contribution in [-0.2, 0) is 11.3 Å². The molecule has 0 radical (unpaired) electrons. The van der Waals surface area contributed by atoms with E-state index in [4.69, 9.17) is 5.73 Å². The van der Waals surface area contributed by atoms with Gasteiger partial charge in [0, 0.05) is 31.7 Å². The number of nitrogens with zero attached hydrogens (tertiary/aromatic N) is 1. The molecule has 0 spiro atoms. The Hall–Kier alpha value is -1.39. The molecule has 0 aromatic heterocycles. The van der Waals surface area contributed by atoms with Crippen LogP contribution in [0.3, 0.4) is 0 Å². The standard InChI is InChI=1S/C18H27N3O/c19-17-8-4-7-16(17)18(22)20-15-9-11-21(12-10-15)13-14-5-2-1-3-6-14/h1-3,5-6,15-17H,4,7-13,19H2,(H,20,22). The van der Waals surface area contributed by atoms with Gasteiger partial charge in [-0.1, -0.05) is 36.8 Å². The number of likely N-dealkylation sites (tertiary alicyclic amines) is 1. The zero-order valence-corrected chi connectivity index (χ0v) is 13.2. The Morgan fingerprint density at radius 2 is 1.86 bits per heavy atom. The van der Waals surface area contributed by atoms with Gasteiger partial charge in [0.05, 0.1) is 5.92 Å². The highest BCUT2D eigenvalue weighted by Gasteiger charge is 2.31. The van der Waals surface area contributed by atoms with Crippen LogP contribution in [0.25, 0.3) is 0 Å². The molecule has 1 aliphatic heterocycles. The summed E-state index contributed by atoms with van der Waals surface area (Å²) in [6, 6.07) is 11.0. The van der Waals surface area contributed by atoms with Crippen LogP contribution < -0.4 is 11.1 Å². The first-order valence-corrected chi connectivity index (χ1v) is 8.54. The number of hydrogen-bond donors (Lipinski definition) is 2. The van der Waals surface area contributed by atoms with E-state index in [1.165, 1.54) is 5.56 Å². The number of nitrogens with one attached hydrogen (secondary N) is 1. The maximum atomic E-state index is 12.3. The summed E-state index contributed by atoms with van der Waals surface area (Å²) in [4.78, 5) is 14.8. The van der Waals surface area contributed by atoms with E-state index in [0.29, 0.717) is 6.04 Å². The largest absolute Gasteiger partial charge is 0.353 e. The number of hydrogen-bond acceptors (Lipinski definition) is 3. The molecule has 2 aliphatic rings. The molecule has 4 nitrogen and oxygen atoms in total. The Morgan fingerprint density at radius 3 is 2.50 bits per heavy atom. The van der Waals surface area contributed by atoms with Gasteiger partial charge in [-0.3, -0.25) is 9.69 Å². The lowest BCUT2D eigenvalue weighted by atomic mass is 10.00. The van der Waals surface area contributed by atoms with Crippen molar-refractivity contribution >= 4 is 5.91 Å². The predicted molar refractivity (Wildman–Crippen MR) is 88.2 cm³/mol. The summed E-state index contributed by atoms with van der Waals surface area (Å²) in [7, 11) is 0. The fraction of sp³-hybridized carbons (Fsp3) is 0.611. The highest BCUT2D eigenvalue weighted by atomic mass is 16.2. The van der Waals surface area contributed by atoms with Crippen LogP contribution in [0.5, 0.6) is 0 Å².